The zero-order chi connectivity index (χ0) is 13.1. The van der Waals surface area contributed by atoms with Crippen molar-refractivity contribution in [3.05, 3.63) is 28.8 Å². The zero-order valence-corrected chi connectivity index (χ0v) is 10.5. The summed E-state index contributed by atoms with van der Waals surface area (Å²) in [6.07, 6.45) is -2.56. The molecule has 0 atom stereocenters. The van der Waals surface area contributed by atoms with Crippen molar-refractivity contribution in [2.24, 2.45) is 0 Å². The van der Waals surface area contributed by atoms with Gasteiger partial charge in [0.15, 0.2) is 0 Å². The Labute approximate surface area is 104 Å². The first kappa shape index (κ1) is 14.2. The SMILES string of the molecule is CCC(CC)Nc1ccc(C(F)(F)F)cc1Cl. The summed E-state index contributed by atoms with van der Waals surface area (Å²) < 4.78 is 37.2. The van der Waals surface area contributed by atoms with E-state index in [1.807, 2.05) is 13.8 Å². The summed E-state index contributed by atoms with van der Waals surface area (Å²) in [4.78, 5) is 0. The molecule has 0 aliphatic carbocycles. The quantitative estimate of drug-likeness (QED) is 0.811. The van der Waals surface area contributed by atoms with Crippen LogP contribution < -0.4 is 5.32 Å². The predicted molar refractivity (Wildman–Crippen MR) is 64.4 cm³/mol. The van der Waals surface area contributed by atoms with E-state index in [1.54, 1.807) is 0 Å². The highest BCUT2D eigenvalue weighted by Gasteiger charge is 2.30. The molecule has 1 rings (SSSR count). The van der Waals surface area contributed by atoms with Crippen LogP contribution in [-0.4, -0.2) is 6.04 Å². The number of hydrogen-bond donors (Lipinski definition) is 1. The lowest BCUT2D eigenvalue weighted by atomic mass is 10.1. The molecule has 0 spiro atoms. The molecule has 0 amide bonds. The van der Waals surface area contributed by atoms with Gasteiger partial charge in [0.1, 0.15) is 0 Å². The van der Waals surface area contributed by atoms with E-state index in [2.05, 4.69) is 5.32 Å². The Bertz CT molecular complexity index is 373. The van der Waals surface area contributed by atoms with E-state index in [0.29, 0.717) is 5.69 Å². The normalized spacial score (nSPS) is 11.9. The third-order valence-corrected chi connectivity index (χ3v) is 2.95. The van der Waals surface area contributed by atoms with Crippen LogP contribution in [-0.2, 0) is 6.18 Å². The Hall–Kier alpha value is -0.900. The van der Waals surface area contributed by atoms with Crippen LogP contribution in [0.2, 0.25) is 5.02 Å². The second-order valence-corrected chi connectivity index (χ2v) is 4.26. The van der Waals surface area contributed by atoms with Gasteiger partial charge in [0.25, 0.3) is 0 Å². The maximum atomic E-state index is 12.4. The van der Waals surface area contributed by atoms with Gasteiger partial charge >= 0.3 is 6.18 Å². The van der Waals surface area contributed by atoms with E-state index in [0.717, 1.165) is 25.0 Å². The minimum atomic E-state index is -4.35. The second-order valence-electron chi connectivity index (χ2n) is 3.85. The molecule has 0 unspecified atom stereocenters. The molecule has 0 bridgehead atoms. The number of rotatable bonds is 4. The average molecular weight is 266 g/mol. The average Bonchev–Trinajstić information content (AvgIpc) is 2.26. The van der Waals surface area contributed by atoms with Crippen molar-refractivity contribution in [3.63, 3.8) is 0 Å². The molecule has 1 N–H and O–H groups in total. The molecule has 1 aromatic rings. The van der Waals surface area contributed by atoms with Crippen molar-refractivity contribution in [1.82, 2.24) is 0 Å². The molecule has 0 fully saturated rings. The molecule has 0 saturated heterocycles. The Morgan fingerprint density at radius 1 is 1.24 bits per heavy atom. The molecular weight excluding hydrogens is 251 g/mol. The summed E-state index contributed by atoms with van der Waals surface area (Å²) in [6, 6.07) is 3.59. The fraction of sp³-hybridized carbons (Fsp3) is 0.500. The number of benzene rings is 1. The lowest BCUT2D eigenvalue weighted by Gasteiger charge is -2.18. The van der Waals surface area contributed by atoms with E-state index in [1.165, 1.54) is 6.07 Å². The molecule has 0 aliphatic rings. The van der Waals surface area contributed by atoms with Crippen LogP contribution in [0.5, 0.6) is 0 Å². The predicted octanol–water partition coefficient (Wildman–Crippen LogP) is 4.96. The number of halogens is 4. The first-order valence-electron chi connectivity index (χ1n) is 5.51. The molecule has 1 aromatic carbocycles. The maximum Gasteiger partial charge on any atom is 0.416 e. The topological polar surface area (TPSA) is 12.0 Å². The molecule has 0 aliphatic heterocycles. The minimum Gasteiger partial charge on any atom is -0.381 e. The summed E-state index contributed by atoms with van der Waals surface area (Å²) >= 11 is 5.83. The van der Waals surface area contributed by atoms with Crippen LogP contribution in [0.15, 0.2) is 18.2 Å². The molecular formula is C12H15ClF3N. The van der Waals surface area contributed by atoms with E-state index in [4.69, 9.17) is 11.6 Å². The Kier molecular flexibility index (Phi) is 4.69. The van der Waals surface area contributed by atoms with Gasteiger partial charge in [-0.25, -0.2) is 0 Å². The van der Waals surface area contributed by atoms with Crippen molar-refractivity contribution in [3.8, 4) is 0 Å². The van der Waals surface area contributed by atoms with Crippen molar-refractivity contribution in [1.29, 1.82) is 0 Å². The summed E-state index contributed by atoms with van der Waals surface area (Å²) in [6.45, 7) is 4.03. The molecule has 0 heterocycles. The first-order chi connectivity index (χ1) is 7.88. The monoisotopic (exact) mass is 265 g/mol. The number of nitrogens with one attached hydrogen (secondary N) is 1. The first-order valence-corrected chi connectivity index (χ1v) is 5.89. The molecule has 0 saturated carbocycles. The number of anilines is 1. The Morgan fingerprint density at radius 2 is 1.82 bits per heavy atom. The number of alkyl halides is 3. The molecule has 0 radical (unpaired) electrons. The fourth-order valence-electron chi connectivity index (χ4n) is 1.52. The van der Waals surface area contributed by atoms with Crippen LogP contribution in [0, 0.1) is 0 Å². The van der Waals surface area contributed by atoms with Crippen molar-refractivity contribution < 1.29 is 13.2 Å². The number of hydrogen-bond acceptors (Lipinski definition) is 1. The van der Waals surface area contributed by atoms with Crippen LogP contribution in [0.4, 0.5) is 18.9 Å². The smallest absolute Gasteiger partial charge is 0.381 e. The van der Waals surface area contributed by atoms with Crippen LogP contribution in [0.3, 0.4) is 0 Å². The highest BCUT2D eigenvalue weighted by atomic mass is 35.5. The van der Waals surface area contributed by atoms with E-state index in [-0.39, 0.29) is 11.1 Å². The van der Waals surface area contributed by atoms with Gasteiger partial charge in [-0.05, 0) is 31.0 Å². The van der Waals surface area contributed by atoms with Crippen LogP contribution in [0.25, 0.3) is 0 Å². The molecule has 0 aromatic heterocycles. The van der Waals surface area contributed by atoms with Gasteiger partial charge in [-0.1, -0.05) is 25.4 Å². The molecule has 1 nitrogen and oxygen atoms in total. The standard InChI is InChI=1S/C12H15ClF3N/c1-3-9(4-2)17-11-6-5-8(7-10(11)13)12(14,15)16/h5-7,9,17H,3-4H2,1-2H3. The third kappa shape index (κ3) is 3.80. The van der Waals surface area contributed by atoms with Gasteiger partial charge in [-0.15, -0.1) is 0 Å². The summed E-state index contributed by atoms with van der Waals surface area (Å²) in [5.74, 6) is 0. The second kappa shape index (κ2) is 5.63. The van der Waals surface area contributed by atoms with Gasteiger partial charge in [0.05, 0.1) is 16.3 Å². The van der Waals surface area contributed by atoms with Gasteiger partial charge in [0, 0.05) is 6.04 Å². The molecule has 17 heavy (non-hydrogen) atoms. The van der Waals surface area contributed by atoms with E-state index >= 15 is 0 Å². The lowest BCUT2D eigenvalue weighted by Crippen LogP contribution is -2.17. The van der Waals surface area contributed by atoms with Crippen molar-refractivity contribution in [2.75, 3.05) is 5.32 Å². The summed E-state index contributed by atoms with van der Waals surface area (Å²) in [5.41, 5.74) is -0.175. The Morgan fingerprint density at radius 3 is 2.24 bits per heavy atom. The van der Waals surface area contributed by atoms with Gasteiger partial charge in [-0.2, -0.15) is 13.2 Å². The summed E-state index contributed by atoms with van der Waals surface area (Å²) in [7, 11) is 0. The van der Waals surface area contributed by atoms with Crippen molar-refractivity contribution in [2.45, 2.75) is 38.9 Å². The van der Waals surface area contributed by atoms with E-state index < -0.39 is 11.7 Å². The molecule has 5 heteroatoms. The Balaban J connectivity index is 2.90. The maximum absolute atomic E-state index is 12.4. The van der Waals surface area contributed by atoms with E-state index in [9.17, 15) is 13.2 Å². The summed E-state index contributed by atoms with van der Waals surface area (Å²) in [5, 5.41) is 3.23. The lowest BCUT2D eigenvalue weighted by molar-refractivity contribution is -0.137. The van der Waals surface area contributed by atoms with Gasteiger partial charge in [-0.3, -0.25) is 0 Å². The highest BCUT2D eigenvalue weighted by molar-refractivity contribution is 6.33. The highest BCUT2D eigenvalue weighted by Crippen LogP contribution is 2.34. The zero-order valence-electron chi connectivity index (χ0n) is 9.74. The van der Waals surface area contributed by atoms with Crippen molar-refractivity contribution >= 4 is 17.3 Å². The largest absolute Gasteiger partial charge is 0.416 e. The third-order valence-electron chi connectivity index (χ3n) is 2.64. The van der Waals surface area contributed by atoms with Gasteiger partial charge < -0.3 is 5.32 Å². The van der Waals surface area contributed by atoms with Crippen LogP contribution >= 0.6 is 11.6 Å². The minimum absolute atomic E-state index is 0.103. The molecule has 96 valence electrons. The fourth-order valence-corrected chi connectivity index (χ4v) is 1.76. The van der Waals surface area contributed by atoms with Gasteiger partial charge in [0.2, 0.25) is 0 Å². The van der Waals surface area contributed by atoms with Crippen LogP contribution in [0.1, 0.15) is 32.3 Å².